The predicted octanol–water partition coefficient (Wildman–Crippen LogP) is 1.33. The standard InChI is InChI=1S/C13H14N2O2/c1-9(16)15-11-4-5-13(17)12(7-11)10-3-2-6-14-8-10/h2-3,6-8,11H,4-5H2,1H3,(H,15,16). The van der Waals surface area contributed by atoms with E-state index >= 15 is 0 Å². The van der Waals surface area contributed by atoms with E-state index in [4.69, 9.17) is 0 Å². The molecule has 0 saturated carbocycles. The van der Waals surface area contributed by atoms with E-state index in [1.807, 2.05) is 12.1 Å². The van der Waals surface area contributed by atoms with Crippen molar-refractivity contribution in [3.05, 3.63) is 36.2 Å². The van der Waals surface area contributed by atoms with Crippen molar-refractivity contribution in [2.45, 2.75) is 25.8 Å². The number of allylic oxidation sites excluding steroid dienone is 1. The highest BCUT2D eigenvalue weighted by atomic mass is 16.1. The van der Waals surface area contributed by atoms with Crippen molar-refractivity contribution in [1.82, 2.24) is 10.3 Å². The average molecular weight is 230 g/mol. The van der Waals surface area contributed by atoms with Crippen molar-refractivity contribution < 1.29 is 9.59 Å². The molecule has 0 radical (unpaired) electrons. The summed E-state index contributed by atoms with van der Waals surface area (Å²) in [7, 11) is 0. The van der Waals surface area contributed by atoms with Gasteiger partial charge in [-0.1, -0.05) is 12.1 Å². The van der Waals surface area contributed by atoms with Gasteiger partial charge in [-0.3, -0.25) is 14.6 Å². The molecule has 0 saturated heterocycles. The average Bonchev–Trinajstić information content (AvgIpc) is 2.32. The summed E-state index contributed by atoms with van der Waals surface area (Å²) in [4.78, 5) is 26.8. The Morgan fingerprint density at radius 1 is 1.53 bits per heavy atom. The normalized spacial score (nSPS) is 19.7. The van der Waals surface area contributed by atoms with E-state index in [0.717, 1.165) is 5.56 Å². The van der Waals surface area contributed by atoms with Crippen LogP contribution in [-0.4, -0.2) is 22.7 Å². The van der Waals surface area contributed by atoms with Gasteiger partial charge in [-0.2, -0.15) is 0 Å². The number of carbonyl (C=O) groups is 2. The summed E-state index contributed by atoms with van der Waals surface area (Å²) < 4.78 is 0. The fourth-order valence-electron chi connectivity index (χ4n) is 1.95. The minimum Gasteiger partial charge on any atom is -0.350 e. The lowest BCUT2D eigenvalue weighted by Crippen LogP contribution is -2.34. The van der Waals surface area contributed by atoms with Crippen LogP contribution >= 0.6 is 0 Å². The molecule has 0 spiro atoms. The Labute approximate surface area is 99.7 Å². The van der Waals surface area contributed by atoms with Crippen molar-refractivity contribution in [3.63, 3.8) is 0 Å². The fraction of sp³-hybridized carbons (Fsp3) is 0.308. The molecule has 1 aromatic heterocycles. The highest BCUT2D eigenvalue weighted by Crippen LogP contribution is 2.23. The molecule has 1 atom stereocenters. The van der Waals surface area contributed by atoms with Crippen LogP contribution in [0.2, 0.25) is 0 Å². The molecule has 1 unspecified atom stereocenters. The largest absolute Gasteiger partial charge is 0.350 e. The van der Waals surface area contributed by atoms with Crippen molar-refractivity contribution >= 4 is 17.3 Å². The van der Waals surface area contributed by atoms with Crippen molar-refractivity contribution in [1.29, 1.82) is 0 Å². The fourth-order valence-corrected chi connectivity index (χ4v) is 1.95. The van der Waals surface area contributed by atoms with Crippen LogP contribution in [0.3, 0.4) is 0 Å². The van der Waals surface area contributed by atoms with Gasteiger partial charge in [-0.25, -0.2) is 0 Å². The molecule has 4 nitrogen and oxygen atoms in total. The van der Waals surface area contributed by atoms with Gasteiger partial charge in [0.1, 0.15) is 0 Å². The minimum atomic E-state index is -0.0777. The molecule has 1 N–H and O–H groups in total. The number of nitrogens with zero attached hydrogens (tertiary/aromatic N) is 1. The smallest absolute Gasteiger partial charge is 0.217 e. The molecule has 0 aliphatic heterocycles. The monoisotopic (exact) mass is 230 g/mol. The van der Waals surface area contributed by atoms with E-state index in [-0.39, 0.29) is 17.7 Å². The molecule has 4 heteroatoms. The van der Waals surface area contributed by atoms with Crippen LogP contribution in [-0.2, 0) is 9.59 Å². The van der Waals surface area contributed by atoms with Gasteiger partial charge in [0.15, 0.2) is 5.78 Å². The lowest BCUT2D eigenvalue weighted by atomic mass is 9.90. The third-order valence-corrected chi connectivity index (χ3v) is 2.71. The first-order valence-corrected chi connectivity index (χ1v) is 5.59. The Bertz CT molecular complexity index is 466. The van der Waals surface area contributed by atoms with Crippen LogP contribution in [0.15, 0.2) is 30.6 Å². The van der Waals surface area contributed by atoms with Gasteiger partial charge in [-0.15, -0.1) is 0 Å². The van der Waals surface area contributed by atoms with Crippen LogP contribution in [0, 0.1) is 0 Å². The molecule has 0 bridgehead atoms. The lowest BCUT2D eigenvalue weighted by Gasteiger charge is -2.20. The molecule has 0 aromatic carbocycles. The number of aromatic nitrogens is 1. The topological polar surface area (TPSA) is 59.1 Å². The summed E-state index contributed by atoms with van der Waals surface area (Å²) in [5.74, 6) is 0.0331. The number of pyridine rings is 1. The third kappa shape index (κ3) is 2.78. The number of Topliss-reactive ketones (excluding diaryl/α,β-unsaturated/α-hetero) is 1. The maximum Gasteiger partial charge on any atom is 0.217 e. The van der Waals surface area contributed by atoms with Gasteiger partial charge in [0.25, 0.3) is 0 Å². The predicted molar refractivity (Wildman–Crippen MR) is 64.1 cm³/mol. The molecule has 1 aromatic rings. The second-order valence-electron chi connectivity index (χ2n) is 4.09. The van der Waals surface area contributed by atoms with Gasteiger partial charge in [0.2, 0.25) is 5.91 Å². The van der Waals surface area contributed by atoms with Gasteiger partial charge >= 0.3 is 0 Å². The Hall–Kier alpha value is -1.97. The van der Waals surface area contributed by atoms with Crippen LogP contribution < -0.4 is 5.32 Å². The molecule has 2 rings (SSSR count). The molecule has 17 heavy (non-hydrogen) atoms. The van der Waals surface area contributed by atoms with Gasteiger partial charge in [0, 0.05) is 42.9 Å². The molecule has 1 heterocycles. The number of hydrogen-bond acceptors (Lipinski definition) is 3. The number of rotatable bonds is 2. The Morgan fingerprint density at radius 3 is 3.00 bits per heavy atom. The zero-order valence-corrected chi connectivity index (χ0v) is 9.64. The van der Waals surface area contributed by atoms with E-state index in [1.54, 1.807) is 18.5 Å². The summed E-state index contributed by atoms with van der Waals surface area (Å²) in [5, 5.41) is 2.81. The minimum absolute atomic E-state index is 0.0552. The first kappa shape index (κ1) is 11.5. The lowest BCUT2D eigenvalue weighted by molar-refractivity contribution is -0.120. The molecular weight excluding hydrogens is 216 g/mol. The van der Waals surface area contributed by atoms with Crippen LogP contribution in [0.4, 0.5) is 0 Å². The summed E-state index contributed by atoms with van der Waals surface area (Å²) in [6.45, 7) is 1.48. The maximum absolute atomic E-state index is 11.8. The zero-order valence-electron chi connectivity index (χ0n) is 9.64. The quantitative estimate of drug-likeness (QED) is 0.833. The van der Waals surface area contributed by atoms with E-state index in [0.29, 0.717) is 18.4 Å². The number of nitrogens with one attached hydrogen (secondary N) is 1. The Kier molecular flexibility index (Phi) is 3.32. The first-order valence-electron chi connectivity index (χ1n) is 5.59. The Balaban J connectivity index is 2.27. The number of ketones is 1. The second kappa shape index (κ2) is 4.91. The summed E-state index contributed by atoms with van der Waals surface area (Å²) in [5.41, 5.74) is 1.47. The van der Waals surface area contributed by atoms with E-state index in [2.05, 4.69) is 10.3 Å². The van der Waals surface area contributed by atoms with Gasteiger partial charge in [-0.05, 0) is 12.5 Å². The molecule has 1 aliphatic rings. The zero-order chi connectivity index (χ0) is 12.3. The number of hydrogen-bond donors (Lipinski definition) is 1. The molecular formula is C13H14N2O2. The molecule has 1 amide bonds. The van der Waals surface area contributed by atoms with Crippen LogP contribution in [0.5, 0.6) is 0 Å². The number of amides is 1. The van der Waals surface area contributed by atoms with Crippen molar-refractivity contribution in [2.75, 3.05) is 0 Å². The SMILES string of the molecule is CC(=O)NC1C=C(c2cccnc2)C(=O)CC1. The van der Waals surface area contributed by atoms with Gasteiger partial charge < -0.3 is 5.32 Å². The third-order valence-electron chi connectivity index (χ3n) is 2.71. The van der Waals surface area contributed by atoms with Crippen molar-refractivity contribution in [3.8, 4) is 0 Å². The number of carbonyl (C=O) groups excluding carboxylic acids is 2. The molecule has 1 aliphatic carbocycles. The summed E-state index contributed by atoms with van der Waals surface area (Å²) >= 11 is 0. The summed E-state index contributed by atoms with van der Waals surface area (Å²) in [6, 6.07) is 3.60. The second-order valence-corrected chi connectivity index (χ2v) is 4.09. The van der Waals surface area contributed by atoms with E-state index in [1.165, 1.54) is 6.92 Å². The van der Waals surface area contributed by atoms with Crippen molar-refractivity contribution in [2.24, 2.45) is 0 Å². The maximum atomic E-state index is 11.8. The van der Waals surface area contributed by atoms with E-state index in [9.17, 15) is 9.59 Å². The first-order chi connectivity index (χ1) is 8.16. The molecule has 0 fully saturated rings. The van der Waals surface area contributed by atoms with Crippen LogP contribution in [0.1, 0.15) is 25.3 Å². The van der Waals surface area contributed by atoms with Crippen LogP contribution in [0.25, 0.3) is 5.57 Å². The highest BCUT2D eigenvalue weighted by Gasteiger charge is 2.21. The van der Waals surface area contributed by atoms with E-state index < -0.39 is 0 Å². The highest BCUT2D eigenvalue weighted by molar-refractivity contribution is 6.21. The Morgan fingerprint density at radius 2 is 2.35 bits per heavy atom. The summed E-state index contributed by atoms with van der Waals surface area (Å²) in [6.07, 6.45) is 6.29. The van der Waals surface area contributed by atoms with Gasteiger partial charge in [0.05, 0.1) is 0 Å². The molecule has 88 valence electrons.